The first-order valence-corrected chi connectivity index (χ1v) is 4.90. The lowest BCUT2D eigenvalue weighted by molar-refractivity contribution is 0.0376. The zero-order valence-electron chi connectivity index (χ0n) is 7.65. The van der Waals surface area contributed by atoms with Crippen LogP contribution in [0.4, 0.5) is 0 Å². The normalized spacial score (nSPS) is 58.6. The smallest absolute Gasteiger partial charge is 0.0132 e. The molecule has 2 bridgehead atoms. The fourth-order valence-electron chi connectivity index (χ4n) is 3.95. The lowest BCUT2D eigenvalue weighted by Crippen LogP contribution is -2.45. The fraction of sp³-hybridized carbons (Fsp3) is 0.818. The molecule has 4 atom stereocenters. The summed E-state index contributed by atoms with van der Waals surface area (Å²) in [6, 6.07) is 0. The second kappa shape index (κ2) is 1.44. The van der Waals surface area contributed by atoms with Crippen molar-refractivity contribution in [1.82, 2.24) is 0 Å². The maximum absolute atomic E-state index is 2.50. The largest absolute Gasteiger partial charge is 0.0667 e. The lowest BCUT2D eigenvalue weighted by atomic mass is 9.53. The van der Waals surface area contributed by atoms with E-state index in [9.17, 15) is 0 Å². The van der Waals surface area contributed by atoms with E-state index in [1.165, 1.54) is 12.8 Å². The van der Waals surface area contributed by atoms with Gasteiger partial charge in [0, 0.05) is 0 Å². The van der Waals surface area contributed by atoms with E-state index in [2.05, 4.69) is 20.8 Å². The van der Waals surface area contributed by atoms with E-state index in [1.807, 2.05) is 11.1 Å². The molecule has 4 rings (SSSR count). The molecule has 2 fully saturated rings. The molecule has 0 spiro atoms. The standard InChI is InChI=1S/C11H16/c1-6-10-7(2)11(6,3)9-5-4-8(9)10/h6-7,9H,4-5H2,1-3H3/t6-,7?,9-,11?/m1/s1. The van der Waals surface area contributed by atoms with Crippen molar-refractivity contribution >= 4 is 0 Å². The first-order valence-electron chi connectivity index (χ1n) is 4.90. The Morgan fingerprint density at radius 2 is 1.91 bits per heavy atom. The molecule has 0 heterocycles. The van der Waals surface area contributed by atoms with Gasteiger partial charge in [-0.1, -0.05) is 31.9 Å². The Hall–Kier alpha value is -0.260. The molecule has 0 radical (unpaired) electrons. The van der Waals surface area contributed by atoms with E-state index >= 15 is 0 Å². The Bertz CT molecular complexity index is 247. The summed E-state index contributed by atoms with van der Waals surface area (Å²) in [4.78, 5) is 0. The zero-order chi connectivity index (χ0) is 7.80. The molecule has 0 aromatic rings. The summed E-state index contributed by atoms with van der Waals surface area (Å²) in [5, 5.41) is 0. The summed E-state index contributed by atoms with van der Waals surface area (Å²) in [6.07, 6.45) is 2.92. The van der Waals surface area contributed by atoms with Crippen LogP contribution in [0.3, 0.4) is 0 Å². The third kappa shape index (κ3) is 0.389. The van der Waals surface area contributed by atoms with Crippen molar-refractivity contribution in [3.8, 4) is 0 Å². The van der Waals surface area contributed by atoms with Gasteiger partial charge in [-0.05, 0) is 36.0 Å². The van der Waals surface area contributed by atoms with Crippen LogP contribution in [0.25, 0.3) is 0 Å². The van der Waals surface area contributed by atoms with Gasteiger partial charge in [-0.15, -0.1) is 0 Å². The minimum atomic E-state index is 0.697. The molecule has 11 heavy (non-hydrogen) atoms. The molecule has 0 aliphatic heterocycles. The predicted octanol–water partition coefficient (Wildman–Crippen LogP) is 3.00. The highest BCUT2D eigenvalue weighted by Crippen LogP contribution is 2.73. The lowest BCUT2D eigenvalue weighted by Gasteiger charge is -2.51. The average Bonchev–Trinajstić information content (AvgIpc) is 2.16. The summed E-state index contributed by atoms with van der Waals surface area (Å²) in [5.41, 5.74) is 4.42. The van der Waals surface area contributed by atoms with Gasteiger partial charge < -0.3 is 0 Å². The maximum Gasteiger partial charge on any atom is -0.0132 e. The molecule has 2 unspecified atom stereocenters. The van der Waals surface area contributed by atoms with E-state index in [4.69, 9.17) is 0 Å². The summed E-state index contributed by atoms with van der Waals surface area (Å²) >= 11 is 0. The monoisotopic (exact) mass is 148 g/mol. The second-order valence-corrected chi connectivity index (χ2v) is 4.88. The van der Waals surface area contributed by atoms with Gasteiger partial charge in [-0.2, -0.15) is 0 Å². The Balaban J connectivity index is 2.15. The Morgan fingerprint density at radius 1 is 1.27 bits per heavy atom. The van der Waals surface area contributed by atoms with Crippen LogP contribution in [0.15, 0.2) is 11.1 Å². The van der Waals surface area contributed by atoms with Gasteiger partial charge in [-0.3, -0.25) is 0 Å². The number of hydrogen-bond donors (Lipinski definition) is 0. The van der Waals surface area contributed by atoms with Crippen molar-refractivity contribution in [2.24, 2.45) is 23.2 Å². The SMILES string of the molecule is CC1C2=C3CC[C@H]3C1(C)[C@@H]2C. The van der Waals surface area contributed by atoms with E-state index in [0.717, 1.165) is 17.8 Å². The Labute approximate surface area is 68.7 Å². The third-order valence-corrected chi connectivity index (χ3v) is 5.04. The molecule has 0 amide bonds. The molecule has 0 nitrogen and oxygen atoms in total. The van der Waals surface area contributed by atoms with Gasteiger partial charge in [0.15, 0.2) is 0 Å². The highest BCUT2D eigenvalue weighted by molar-refractivity contribution is 5.47. The van der Waals surface area contributed by atoms with Crippen molar-refractivity contribution in [1.29, 1.82) is 0 Å². The number of hydrogen-bond acceptors (Lipinski definition) is 0. The molecular weight excluding hydrogens is 132 g/mol. The fourth-order valence-corrected chi connectivity index (χ4v) is 3.95. The zero-order valence-corrected chi connectivity index (χ0v) is 7.65. The molecule has 0 saturated heterocycles. The van der Waals surface area contributed by atoms with Crippen molar-refractivity contribution in [2.45, 2.75) is 33.6 Å². The van der Waals surface area contributed by atoms with Gasteiger partial charge in [0.2, 0.25) is 0 Å². The minimum absolute atomic E-state index is 0.697. The van der Waals surface area contributed by atoms with Gasteiger partial charge >= 0.3 is 0 Å². The van der Waals surface area contributed by atoms with Crippen molar-refractivity contribution in [3.05, 3.63) is 11.1 Å². The maximum atomic E-state index is 2.50. The average molecular weight is 148 g/mol. The van der Waals surface area contributed by atoms with E-state index in [0.29, 0.717) is 5.41 Å². The topological polar surface area (TPSA) is 0 Å². The van der Waals surface area contributed by atoms with Crippen LogP contribution < -0.4 is 0 Å². The quantitative estimate of drug-likeness (QED) is 0.463. The van der Waals surface area contributed by atoms with Gasteiger partial charge in [0.05, 0.1) is 0 Å². The van der Waals surface area contributed by atoms with Gasteiger partial charge in [0.25, 0.3) is 0 Å². The van der Waals surface area contributed by atoms with Crippen LogP contribution in [0.2, 0.25) is 0 Å². The second-order valence-electron chi connectivity index (χ2n) is 4.88. The Kier molecular flexibility index (Phi) is 0.821. The minimum Gasteiger partial charge on any atom is -0.0667 e. The molecule has 0 N–H and O–H groups in total. The predicted molar refractivity (Wildman–Crippen MR) is 46.2 cm³/mol. The van der Waals surface area contributed by atoms with E-state index in [1.54, 1.807) is 0 Å². The first kappa shape index (κ1) is 6.28. The van der Waals surface area contributed by atoms with Crippen LogP contribution in [-0.2, 0) is 0 Å². The van der Waals surface area contributed by atoms with Crippen LogP contribution in [0.1, 0.15) is 33.6 Å². The van der Waals surface area contributed by atoms with Crippen molar-refractivity contribution in [3.63, 3.8) is 0 Å². The molecule has 0 heteroatoms. The van der Waals surface area contributed by atoms with Crippen LogP contribution in [0.5, 0.6) is 0 Å². The number of allylic oxidation sites excluding steroid dienone is 2. The molecule has 4 aliphatic carbocycles. The highest BCUT2D eigenvalue weighted by atomic mass is 14.7. The van der Waals surface area contributed by atoms with Gasteiger partial charge in [-0.25, -0.2) is 0 Å². The summed E-state index contributed by atoms with van der Waals surface area (Å²) < 4.78 is 0. The summed E-state index contributed by atoms with van der Waals surface area (Å²) in [6.45, 7) is 7.37. The molecule has 0 aromatic carbocycles. The highest BCUT2D eigenvalue weighted by Gasteiger charge is 2.64. The van der Waals surface area contributed by atoms with Crippen LogP contribution >= 0.6 is 0 Å². The van der Waals surface area contributed by atoms with Crippen LogP contribution in [0, 0.1) is 23.2 Å². The van der Waals surface area contributed by atoms with E-state index in [-0.39, 0.29) is 0 Å². The summed E-state index contributed by atoms with van der Waals surface area (Å²) in [7, 11) is 0. The molecule has 2 saturated carbocycles. The van der Waals surface area contributed by atoms with E-state index < -0.39 is 0 Å². The molecule has 0 aromatic heterocycles. The van der Waals surface area contributed by atoms with Crippen molar-refractivity contribution < 1.29 is 0 Å². The molecule has 4 aliphatic rings. The van der Waals surface area contributed by atoms with Crippen molar-refractivity contribution in [2.75, 3.05) is 0 Å². The van der Waals surface area contributed by atoms with Gasteiger partial charge in [0.1, 0.15) is 0 Å². The Morgan fingerprint density at radius 3 is 2.09 bits per heavy atom. The first-order chi connectivity index (χ1) is 5.17. The summed E-state index contributed by atoms with van der Waals surface area (Å²) in [5.74, 6) is 2.88. The molecular formula is C11H16. The van der Waals surface area contributed by atoms with Crippen LogP contribution in [-0.4, -0.2) is 0 Å². The third-order valence-electron chi connectivity index (χ3n) is 5.04. The molecule has 60 valence electrons. The number of rotatable bonds is 0.